The van der Waals surface area contributed by atoms with Crippen LogP contribution in [0, 0.1) is 6.92 Å². The number of hydrogen-bond acceptors (Lipinski definition) is 3. The minimum absolute atomic E-state index is 0.153. The summed E-state index contributed by atoms with van der Waals surface area (Å²) in [6.07, 6.45) is 0. The quantitative estimate of drug-likeness (QED) is 0.787. The number of aryl methyl sites for hydroxylation is 2. The molecule has 0 saturated carbocycles. The SMILES string of the molecule is Cc1nc2cc(CNS(=O)(=O)c3cccc(Cl)c3)ccc2n1C. The molecule has 0 atom stereocenters. The summed E-state index contributed by atoms with van der Waals surface area (Å²) in [6, 6.07) is 11.9. The van der Waals surface area contributed by atoms with Gasteiger partial charge in [-0.25, -0.2) is 18.1 Å². The Morgan fingerprint density at radius 1 is 1.22 bits per heavy atom. The van der Waals surface area contributed by atoms with Crippen molar-refractivity contribution in [2.45, 2.75) is 18.4 Å². The first-order valence-corrected chi connectivity index (χ1v) is 8.90. The fourth-order valence-electron chi connectivity index (χ4n) is 2.37. The van der Waals surface area contributed by atoms with E-state index in [0.29, 0.717) is 5.02 Å². The summed E-state index contributed by atoms with van der Waals surface area (Å²) in [5.41, 5.74) is 2.72. The van der Waals surface area contributed by atoms with Gasteiger partial charge in [0, 0.05) is 18.6 Å². The largest absolute Gasteiger partial charge is 0.331 e. The summed E-state index contributed by atoms with van der Waals surface area (Å²) in [5.74, 6) is 0.914. The maximum absolute atomic E-state index is 12.3. The molecule has 0 radical (unpaired) electrons. The first kappa shape index (κ1) is 16.0. The van der Waals surface area contributed by atoms with E-state index in [0.717, 1.165) is 22.4 Å². The number of fused-ring (bicyclic) bond motifs is 1. The highest BCUT2D eigenvalue weighted by molar-refractivity contribution is 7.89. The van der Waals surface area contributed by atoms with Gasteiger partial charge >= 0.3 is 0 Å². The van der Waals surface area contributed by atoms with Crippen LogP contribution in [-0.4, -0.2) is 18.0 Å². The normalized spacial score (nSPS) is 12.0. The van der Waals surface area contributed by atoms with Crippen molar-refractivity contribution in [3.8, 4) is 0 Å². The molecule has 0 aliphatic carbocycles. The number of nitrogens with one attached hydrogen (secondary N) is 1. The van der Waals surface area contributed by atoms with E-state index in [-0.39, 0.29) is 11.4 Å². The summed E-state index contributed by atoms with van der Waals surface area (Å²) < 4.78 is 29.2. The first-order valence-electron chi connectivity index (χ1n) is 7.04. The zero-order valence-corrected chi connectivity index (χ0v) is 14.3. The Bertz CT molecular complexity index is 980. The highest BCUT2D eigenvalue weighted by atomic mass is 35.5. The Morgan fingerprint density at radius 3 is 2.74 bits per heavy atom. The minimum atomic E-state index is -3.60. The van der Waals surface area contributed by atoms with Crippen molar-refractivity contribution in [3.05, 3.63) is 58.9 Å². The number of halogens is 1. The average molecular weight is 350 g/mol. The van der Waals surface area contributed by atoms with Gasteiger partial charge in [-0.15, -0.1) is 0 Å². The zero-order valence-electron chi connectivity index (χ0n) is 12.7. The number of aromatic nitrogens is 2. The van der Waals surface area contributed by atoms with E-state index in [1.807, 2.05) is 36.7 Å². The molecule has 0 saturated heterocycles. The van der Waals surface area contributed by atoms with Crippen molar-refractivity contribution in [2.75, 3.05) is 0 Å². The van der Waals surface area contributed by atoms with E-state index in [2.05, 4.69) is 9.71 Å². The Kier molecular flexibility index (Phi) is 4.14. The Balaban J connectivity index is 1.82. The number of hydrogen-bond donors (Lipinski definition) is 1. The lowest BCUT2D eigenvalue weighted by Crippen LogP contribution is -2.23. The van der Waals surface area contributed by atoms with Crippen LogP contribution >= 0.6 is 11.6 Å². The van der Waals surface area contributed by atoms with Crippen LogP contribution in [0.2, 0.25) is 5.02 Å². The predicted octanol–water partition coefficient (Wildman–Crippen LogP) is 3.01. The lowest BCUT2D eigenvalue weighted by atomic mass is 10.2. The summed E-state index contributed by atoms with van der Waals surface area (Å²) in [6.45, 7) is 2.13. The van der Waals surface area contributed by atoms with Crippen molar-refractivity contribution in [1.82, 2.24) is 14.3 Å². The molecule has 0 amide bonds. The van der Waals surface area contributed by atoms with Crippen molar-refractivity contribution in [2.24, 2.45) is 7.05 Å². The topological polar surface area (TPSA) is 64.0 Å². The molecule has 3 rings (SSSR count). The standard InChI is InChI=1S/C16H16ClN3O2S/c1-11-19-15-8-12(6-7-16(15)20(11)2)10-18-23(21,22)14-5-3-4-13(17)9-14/h3-9,18H,10H2,1-2H3. The lowest BCUT2D eigenvalue weighted by molar-refractivity contribution is 0.581. The van der Waals surface area contributed by atoms with Crippen LogP contribution in [0.5, 0.6) is 0 Å². The lowest BCUT2D eigenvalue weighted by Gasteiger charge is -2.07. The summed E-state index contributed by atoms with van der Waals surface area (Å²) in [5, 5.41) is 0.387. The van der Waals surface area contributed by atoms with Crippen LogP contribution in [0.1, 0.15) is 11.4 Å². The Morgan fingerprint density at radius 2 is 2.00 bits per heavy atom. The van der Waals surface area contributed by atoms with Gasteiger partial charge in [0.15, 0.2) is 0 Å². The van der Waals surface area contributed by atoms with Crippen LogP contribution < -0.4 is 4.72 Å². The average Bonchev–Trinajstić information content (AvgIpc) is 2.80. The summed E-state index contributed by atoms with van der Waals surface area (Å²) >= 11 is 5.85. The molecule has 0 unspecified atom stereocenters. The van der Waals surface area contributed by atoms with Crippen LogP contribution in [-0.2, 0) is 23.6 Å². The number of sulfonamides is 1. The molecule has 0 aliphatic rings. The maximum atomic E-state index is 12.3. The van der Waals surface area contributed by atoms with Gasteiger partial charge in [0.05, 0.1) is 15.9 Å². The van der Waals surface area contributed by atoms with E-state index in [4.69, 9.17) is 11.6 Å². The molecular weight excluding hydrogens is 334 g/mol. The molecule has 1 heterocycles. The van der Waals surface area contributed by atoms with E-state index < -0.39 is 10.0 Å². The summed E-state index contributed by atoms with van der Waals surface area (Å²) in [4.78, 5) is 4.61. The number of rotatable bonds is 4. The first-order chi connectivity index (χ1) is 10.9. The van der Waals surface area contributed by atoms with Gasteiger partial charge in [-0.2, -0.15) is 0 Å². The van der Waals surface area contributed by atoms with Crippen LogP contribution in [0.25, 0.3) is 11.0 Å². The molecule has 1 aromatic heterocycles. The molecule has 7 heteroatoms. The maximum Gasteiger partial charge on any atom is 0.240 e. The molecule has 2 aromatic carbocycles. The second-order valence-electron chi connectivity index (χ2n) is 5.32. The minimum Gasteiger partial charge on any atom is -0.331 e. The van der Waals surface area contributed by atoms with Gasteiger partial charge in [-0.05, 0) is 42.8 Å². The monoisotopic (exact) mass is 349 g/mol. The third-order valence-electron chi connectivity index (χ3n) is 3.74. The molecule has 5 nitrogen and oxygen atoms in total. The molecule has 0 aliphatic heterocycles. The number of imidazole rings is 1. The van der Waals surface area contributed by atoms with Crippen molar-refractivity contribution in [3.63, 3.8) is 0 Å². The van der Waals surface area contributed by atoms with Crippen molar-refractivity contribution >= 4 is 32.7 Å². The van der Waals surface area contributed by atoms with Gasteiger partial charge in [0.2, 0.25) is 10.0 Å². The number of nitrogens with zero attached hydrogens (tertiary/aromatic N) is 2. The smallest absolute Gasteiger partial charge is 0.240 e. The van der Waals surface area contributed by atoms with Crippen molar-refractivity contribution in [1.29, 1.82) is 0 Å². The van der Waals surface area contributed by atoms with E-state index in [1.54, 1.807) is 12.1 Å². The van der Waals surface area contributed by atoms with Crippen LogP contribution in [0.3, 0.4) is 0 Å². The number of benzene rings is 2. The molecule has 3 aromatic rings. The molecule has 120 valence electrons. The fourth-order valence-corrected chi connectivity index (χ4v) is 3.69. The van der Waals surface area contributed by atoms with E-state index >= 15 is 0 Å². The second kappa shape index (κ2) is 5.96. The van der Waals surface area contributed by atoms with Crippen LogP contribution in [0.15, 0.2) is 47.4 Å². The molecule has 0 spiro atoms. The highest BCUT2D eigenvalue weighted by Crippen LogP contribution is 2.18. The van der Waals surface area contributed by atoms with E-state index in [9.17, 15) is 8.42 Å². The van der Waals surface area contributed by atoms with Gasteiger partial charge in [-0.3, -0.25) is 0 Å². The molecular formula is C16H16ClN3O2S. The Hall–Kier alpha value is -1.89. The molecule has 23 heavy (non-hydrogen) atoms. The van der Waals surface area contributed by atoms with Crippen molar-refractivity contribution < 1.29 is 8.42 Å². The second-order valence-corrected chi connectivity index (χ2v) is 7.53. The van der Waals surface area contributed by atoms with Crippen LogP contribution in [0.4, 0.5) is 0 Å². The Labute approximate surface area is 140 Å². The van der Waals surface area contributed by atoms with Gasteiger partial charge in [-0.1, -0.05) is 23.7 Å². The van der Waals surface area contributed by atoms with E-state index in [1.165, 1.54) is 12.1 Å². The third-order valence-corrected chi connectivity index (χ3v) is 5.38. The van der Waals surface area contributed by atoms with Gasteiger partial charge in [0.25, 0.3) is 0 Å². The highest BCUT2D eigenvalue weighted by Gasteiger charge is 2.14. The third kappa shape index (κ3) is 3.24. The fraction of sp³-hybridized carbons (Fsp3) is 0.188. The zero-order chi connectivity index (χ0) is 16.6. The predicted molar refractivity (Wildman–Crippen MR) is 90.9 cm³/mol. The molecule has 1 N–H and O–H groups in total. The van der Waals surface area contributed by atoms with Gasteiger partial charge in [0.1, 0.15) is 5.82 Å². The van der Waals surface area contributed by atoms with Gasteiger partial charge < -0.3 is 4.57 Å². The summed E-state index contributed by atoms with van der Waals surface area (Å²) in [7, 11) is -1.65. The molecule has 0 fully saturated rings. The molecule has 0 bridgehead atoms.